The van der Waals surface area contributed by atoms with Gasteiger partial charge in [-0.25, -0.2) is 0 Å². The van der Waals surface area contributed by atoms with Crippen LogP contribution in [0.3, 0.4) is 0 Å². The highest BCUT2D eigenvalue weighted by molar-refractivity contribution is 6.31. The second-order valence-electron chi connectivity index (χ2n) is 5.68. The number of hydrogen-bond acceptors (Lipinski definition) is 1. The van der Waals surface area contributed by atoms with Crippen LogP contribution in [0.4, 0.5) is 17.1 Å². The molecule has 0 saturated heterocycles. The molecule has 116 valence electrons. The number of rotatable bonds is 3. The molecule has 4 aromatic rings. The fraction of sp³-hybridized carbons (Fsp3) is 0. The Balaban J connectivity index is 1.90. The Labute approximate surface area is 146 Å². The van der Waals surface area contributed by atoms with E-state index in [-0.39, 0.29) is 0 Å². The number of nitrogens with zero attached hydrogens (tertiary/aromatic N) is 1. The van der Waals surface area contributed by atoms with Crippen LogP contribution in [0.25, 0.3) is 10.8 Å². The first kappa shape index (κ1) is 14.8. The summed E-state index contributed by atoms with van der Waals surface area (Å²) in [5.74, 6) is 0. The Hall–Kier alpha value is -2.77. The molecule has 0 aliphatic rings. The lowest BCUT2D eigenvalue weighted by Gasteiger charge is -2.25. The van der Waals surface area contributed by atoms with Crippen molar-refractivity contribution < 1.29 is 0 Å². The van der Waals surface area contributed by atoms with Gasteiger partial charge in [0, 0.05) is 22.1 Å². The molecule has 0 atom stereocenters. The summed E-state index contributed by atoms with van der Waals surface area (Å²) in [6, 6.07) is 33.2. The average Bonchev–Trinajstić information content (AvgIpc) is 2.63. The lowest BCUT2D eigenvalue weighted by Crippen LogP contribution is -2.09. The third kappa shape index (κ3) is 2.86. The van der Waals surface area contributed by atoms with Gasteiger partial charge in [0.25, 0.3) is 0 Å². The average molecular weight is 330 g/mol. The number of anilines is 3. The molecular formula is C22H16ClN. The maximum atomic E-state index is 6.17. The van der Waals surface area contributed by atoms with Gasteiger partial charge in [-0.05, 0) is 59.3 Å². The molecule has 4 aromatic carbocycles. The third-order valence-corrected chi connectivity index (χ3v) is 4.31. The van der Waals surface area contributed by atoms with Crippen LogP contribution < -0.4 is 4.90 Å². The van der Waals surface area contributed by atoms with E-state index < -0.39 is 0 Å². The minimum atomic E-state index is 0.755. The monoisotopic (exact) mass is 329 g/mol. The molecule has 24 heavy (non-hydrogen) atoms. The van der Waals surface area contributed by atoms with Crippen molar-refractivity contribution in [3.05, 3.63) is 102 Å². The molecule has 0 N–H and O–H groups in total. The number of hydrogen-bond donors (Lipinski definition) is 0. The first-order valence-electron chi connectivity index (χ1n) is 7.91. The smallest absolute Gasteiger partial charge is 0.0468 e. The highest BCUT2D eigenvalue weighted by Crippen LogP contribution is 2.35. The van der Waals surface area contributed by atoms with Gasteiger partial charge in [0.1, 0.15) is 0 Å². The molecule has 0 amide bonds. The Morgan fingerprint density at radius 1 is 0.500 bits per heavy atom. The minimum absolute atomic E-state index is 0.755. The summed E-state index contributed by atoms with van der Waals surface area (Å²) in [4.78, 5) is 2.25. The molecular weight excluding hydrogens is 314 g/mol. The van der Waals surface area contributed by atoms with Crippen molar-refractivity contribution in [1.29, 1.82) is 0 Å². The van der Waals surface area contributed by atoms with E-state index in [4.69, 9.17) is 11.6 Å². The predicted octanol–water partition coefficient (Wildman–Crippen LogP) is 6.96. The summed E-state index contributed by atoms with van der Waals surface area (Å²) in [5.41, 5.74) is 3.37. The van der Waals surface area contributed by atoms with Gasteiger partial charge >= 0.3 is 0 Å². The van der Waals surface area contributed by atoms with Crippen molar-refractivity contribution in [3.8, 4) is 0 Å². The van der Waals surface area contributed by atoms with Gasteiger partial charge in [-0.15, -0.1) is 0 Å². The first-order valence-corrected chi connectivity index (χ1v) is 8.29. The Kier molecular flexibility index (Phi) is 3.94. The Bertz CT molecular complexity index is 925. The Morgan fingerprint density at radius 3 is 1.71 bits per heavy atom. The van der Waals surface area contributed by atoms with Gasteiger partial charge in [0.05, 0.1) is 0 Å². The van der Waals surface area contributed by atoms with Crippen molar-refractivity contribution >= 4 is 39.4 Å². The van der Waals surface area contributed by atoms with E-state index in [1.165, 1.54) is 5.39 Å². The van der Waals surface area contributed by atoms with E-state index in [2.05, 4.69) is 77.7 Å². The lowest BCUT2D eigenvalue weighted by atomic mass is 10.1. The van der Waals surface area contributed by atoms with E-state index in [0.29, 0.717) is 0 Å². The van der Waals surface area contributed by atoms with Gasteiger partial charge in [0.15, 0.2) is 0 Å². The molecule has 4 rings (SSSR count). The molecule has 0 aliphatic carbocycles. The fourth-order valence-electron chi connectivity index (χ4n) is 2.95. The molecule has 1 nitrogen and oxygen atoms in total. The Morgan fingerprint density at radius 2 is 1.08 bits per heavy atom. The van der Waals surface area contributed by atoms with Crippen LogP contribution in [0.15, 0.2) is 97.1 Å². The summed E-state index contributed by atoms with van der Waals surface area (Å²) in [5, 5.41) is 3.08. The maximum Gasteiger partial charge on any atom is 0.0468 e. The second-order valence-corrected chi connectivity index (χ2v) is 6.12. The molecule has 0 aromatic heterocycles. The molecule has 0 bridgehead atoms. The fourth-order valence-corrected chi connectivity index (χ4v) is 3.13. The summed E-state index contributed by atoms with van der Waals surface area (Å²) in [7, 11) is 0. The first-order chi connectivity index (χ1) is 11.8. The molecule has 2 heteroatoms. The van der Waals surface area contributed by atoms with Crippen LogP contribution in [-0.4, -0.2) is 0 Å². The second kappa shape index (κ2) is 6.38. The molecule has 0 spiro atoms. The van der Waals surface area contributed by atoms with Gasteiger partial charge < -0.3 is 4.90 Å². The van der Waals surface area contributed by atoms with Gasteiger partial charge in [0.2, 0.25) is 0 Å². The minimum Gasteiger partial charge on any atom is -0.310 e. The van der Waals surface area contributed by atoms with Crippen molar-refractivity contribution in [1.82, 2.24) is 0 Å². The topological polar surface area (TPSA) is 3.24 Å². The van der Waals surface area contributed by atoms with E-state index in [9.17, 15) is 0 Å². The number of para-hydroxylation sites is 2. The predicted molar refractivity (Wildman–Crippen MR) is 104 cm³/mol. The van der Waals surface area contributed by atoms with Gasteiger partial charge in [-0.1, -0.05) is 60.1 Å². The van der Waals surface area contributed by atoms with Crippen molar-refractivity contribution in [3.63, 3.8) is 0 Å². The highest BCUT2D eigenvalue weighted by atomic mass is 35.5. The molecule has 0 saturated carbocycles. The SMILES string of the molecule is Clc1ccc2ccc(N(c3ccccc3)c3ccccc3)cc2c1. The number of benzene rings is 4. The van der Waals surface area contributed by atoms with Crippen LogP contribution in [0.2, 0.25) is 5.02 Å². The molecule has 0 heterocycles. The van der Waals surface area contributed by atoms with Crippen molar-refractivity contribution in [2.75, 3.05) is 4.90 Å². The van der Waals surface area contributed by atoms with E-state index in [0.717, 1.165) is 27.5 Å². The summed E-state index contributed by atoms with van der Waals surface area (Å²) >= 11 is 6.17. The molecule has 0 unspecified atom stereocenters. The zero-order valence-corrected chi connectivity index (χ0v) is 13.8. The highest BCUT2D eigenvalue weighted by Gasteiger charge is 2.12. The summed E-state index contributed by atoms with van der Waals surface area (Å²) in [6.45, 7) is 0. The van der Waals surface area contributed by atoms with Crippen molar-refractivity contribution in [2.45, 2.75) is 0 Å². The normalized spacial score (nSPS) is 10.7. The van der Waals surface area contributed by atoms with Crippen LogP contribution >= 0.6 is 11.6 Å². The lowest BCUT2D eigenvalue weighted by molar-refractivity contribution is 1.29. The zero-order chi connectivity index (χ0) is 16.4. The quantitative estimate of drug-likeness (QED) is 0.392. The summed E-state index contributed by atoms with van der Waals surface area (Å²) in [6.07, 6.45) is 0. The maximum absolute atomic E-state index is 6.17. The van der Waals surface area contributed by atoms with E-state index >= 15 is 0 Å². The number of fused-ring (bicyclic) bond motifs is 1. The standard InChI is InChI=1S/C22H16ClN/c23-19-13-11-17-12-14-22(16-18(17)15-19)24(20-7-3-1-4-8-20)21-9-5-2-6-10-21/h1-16H. The van der Waals surface area contributed by atoms with Crippen molar-refractivity contribution in [2.24, 2.45) is 0 Å². The van der Waals surface area contributed by atoms with Crippen LogP contribution in [0, 0.1) is 0 Å². The molecule has 0 aliphatic heterocycles. The summed E-state index contributed by atoms with van der Waals surface area (Å²) < 4.78 is 0. The zero-order valence-electron chi connectivity index (χ0n) is 13.1. The van der Waals surface area contributed by atoms with E-state index in [1.54, 1.807) is 0 Å². The molecule has 0 fully saturated rings. The molecule has 0 radical (unpaired) electrons. The van der Waals surface area contributed by atoms with Gasteiger partial charge in [-0.3, -0.25) is 0 Å². The van der Waals surface area contributed by atoms with Crippen LogP contribution in [0.5, 0.6) is 0 Å². The van der Waals surface area contributed by atoms with Gasteiger partial charge in [-0.2, -0.15) is 0 Å². The third-order valence-electron chi connectivity index (χ3n) is 4.07. The number of halogens is 1. The van der Waals surface area contributed by atoms with Crippen LogP contribution in [0.1, 0.15) is 0 Å². The van der Waals surface area contributed by atoms with E-state index in [1.807, 2.05) is 24.3 Å². The van der Waals surface area contributed by atoms with Crippen LogP contribution in [-0.2, 0) is 0 Å². The largest absolute Gasteiger partial charge is 0.310 e.